The Bertz CT molecular complexity index is 664. The molecule has 0 aliphatic carbocycles. The van der Waals surface area contributed by atoms with E-state index in [-0.39, 0.29) is 5.91 Å². The molecule has 0 saturated carbocycles. The molecule has 2 rings (SSSR count). The van der Waals surface area contributed by atoms with Crippen molar-refractivity contribution in [3.8, 4) is 0 Å². The van der Waals surface area contributed by atoms with E-state index in [9.17, 15) is 4.79 Å². The first-order valence-corrected chi connectivity index (χ1v) is 7.42. The molecule has 0 aliphatic rings. The van der Waals surface area contributed by atoms with E-state index < -0.39 is 0 Å². The molecule has 0 unspecified atom stereocenters. The summed E-state index contributed by atoms with van der Waals surface area (Å²) in [6.07, 6.45) is 0. The number of carbonyl (C=O) groups is 1. The van der Waals surface area contributed by atoms with Gasteiger partial charge in [0.1, 0.15) is 4.88 Å². The third-order valence-corrected chi connectivity index (χ3v) is 4.12. The van der Waals surface area contributed by atoms with Crippen LogP contribution >= 0.6 is 27.3 Å². The van der Waals surface area contributed by atoms with E-state index in [1.807, 2.05) is 31.2 Å². The number of aromatic nitrogens is 1. The first kappa shape index (κ1) is 14.7. The van der Waals surface area contributed by atoms with Crippen LogP contribution in [0.2, 0.25) is 0 Å². The summed E-state index contributed by atoms with van der Waals surface area (Å²) < 4.78 is 0.994. The lowest BCUT2D eigenvalue weighted by Crippen LogP contribution is -2.19. The highest BCUT2D eigenvalue weighted by atomic mass is 79.9. The second-order valence-corrected chi connectivity index (χ2v) is 6.06. The zero-order valence-corrected chi connectivity index (χ0v) is 13.4. The summed E-state index contributed by atoms with van der Waals surface area (Å²) in [5.74, 6) is -0.298. The summed E-state index contributed by atoms with van der Waals surface area (Å²) in [4.78, 5) is 16.4. The minimum Gasteiger partial charge on any atom is -0.375 e. The molecule has 0 spiro atoms. The highest BCUT2D eigenvalue weighted by molar-refractivity contribution is 9.10. The number of amides is 1. The average molecular weight is 353 g/mol. The van der Waals surface area contributed by atoms with Gasteiger partial charge in [-0.3, -0.25) is 4.79 Å². The molecule has 0 fully saturated rings. The maximum absolute atomic E-state index is 12.0. The van der Waals surface area contributed by atoms with Crippen LogP contribution in [0.3, 0.4) is 0 Å². The van der Waals surface area contributed by atoms with Crippen LogP contribution in [-0.4, -0.2) is 16.6 Å². The normalized spacial score (nSPS) is 11.4. The molecule has 0 atom stereocenters. The number of hydrogen-bond donors (Lipinski definition) is 2. The number of nitrogens with two attached hydrogens (primary N) is 1. The van der Waals surface area contributed by atoms with Crippen LogP contribution in [0.5, 0.6) is 0 Å². The number of nitrogens with zero attached hydrogens (tertiary/aromatic N) is 2. The van der Waals surface area contributed by atoms with Gasteiger partial charge in [-0.15, -0.1) is 0 Å². The topological polar surface area (TPSA) is 80.4 Å². The van der Waals surface area contributed by atoms with Gasteiger partial charge in [0.2, 0.25) is 0 Å². The summed E-state index contributed by atoms with van der Waals surface area (Å²) >= 11 is 4.52. The highest BCUT2D eigenvalue weighted by Gasteiger charge is 2.13. The quantitative estimate of drug-likeness (QED) is 0.658. The minimum absolute atomic E-state index is 0.298. The van der Waals surface area contributed by atoms with E-state index in [2.05, 4.69) is 31.4 Å². The zero-order valence-electron chi connectivity index (χ0n) is 11.0. The summed E-state index contributed by atoms with van der Waals surface area (Å²) in [5.41, 5.74) is 10.4. The van der Waals surface area contributed by atoms with Gasteiger partial charge in [0, 0.05) is 4.47 Å². The Kier molecular flexibility index (Phi) is 4.51. The van der Waals surface area contributed by atoms with Crippen LogP contribution < -0.4 is 11.2 Å². The number of hydrogen-bond acceptors (Lipinski definition) is 5. The Hall–Kier alpha value is -1.73. The van der Waals surface area contributed by atoms with E-state index >= 15 is 0 Å². The smallest absolute Gasteiger partial charge is 0.283 e. The predicted octanol–water partition coefficient (Wildman–Crippen LogP) is 2.95. The minimum atomic E-state index is -0.298. The Balaban J connectivity index is 2.10. The Morgan fingerprint density at radius 3 is 2.60 bits per heavy atom. The lowest BCUT2D eigenvalue weighted by Gasteiger charge is -2.02. The maximum Gasteiger partial charge on any atom is 0.283 e. The van der Waals surface area contributed by atoms with Gasteiger partial charge < -0.3 is 5.73 Å². The van der Waals surface area contributed by atoms with Crippen molar-refractivity contribution >= 4 is 44.0 Å². The molecule has 1 aromatic carbocycles. The van der Waals surface area contributed by atoms with Crippen molar-refractivity contribution in [2.75, 3.05) is 5.73 Å². The molecule has 0 radical (unpaired) electrons. The van der Waals surface area contributed by atoms with Crippen molar-refractivity contribution < 1.29 is 4.79 Å². The first-order valence-electron chi connectivity index (χ1n) is 5.81. The number of halogens is 1. The van der Waals surface area contributed by atoms with Gasteiger partial charge in [0.15, 0.2) is 5.13 Å². The van der Waals surface area contributed by atoms with E-state index in [1.54, 1.807) is 6.92 Å². The van der Waals surface area contributed by atoms with Crippen LogP contribution in [0, 0.1) is 6.92 Å². The summed E-state index contributed by atoms with van der Waals surface area (Å²) in [5, 5.41) is 4.47. The number of hydrazone groups is 1. The van der Waals surface area contributed by atoms with Crippen LogP contribution in [0.1, 0.15) is 27.9 Å². The fourth-order valence-electron chi connectivity index (χ4n) is 1.57. The van der Waals surface area contributed by atoms with E-state index in [1.165, 1.54) is 0 Å². The number of rotatable bonds is 3. The number of thiazole rings is 1. The average Bonchev–Trinajstić information content (AvgIpc) is 2.75. The standard InChI is InChI=1S/C13H13BrN4OS/c1-7(9-3-5-10(14)6-4-9)17-18-12(19)11-8(2)16-13(15)20-11/h3-6H,1-2H3,(H2,15,16)(H,18,19)/b17-7-. The fraction of sp³-hybridized carbons (Fsp3) is 0.154. The molecular weight excluding hydrogens is 340 g/mol. The SMILES string of the molecule is C/C(=N/NC(=O)c1sc(N)nc1C)c1ccc(Br)cc1. The van der Waals surface area contributed by atoms with Crippen molar-refractivity contribution in [1.29, 1.82) is 0 Å². The third-order valence-electron chi connectivity index (χ3n) is 2.61. The number of nitrogen functional groups attached to an aromatic ring is 1. The Morgan fingerprint density at radius 1 is 1.40 bits per heavy atom. The summed E-state index contributed by atoms with van der Waals surface area (Å²) in [6.45, 7) is 3.57. The number of carbonyl (C=O) groups excluding carboxylic acids is 1. The highest BCUT2D eigenvalue weighted by Crippen LogP contribution is 2.19. The van der Waals surface area contributed by atoms with E-state index in [4.69, 9.17) is 5.73 Å². The molecule has 0 saturated heterocycles. The lowest BCUT2D eigenvalue weighted by molar-refractivity contribution is 0.0958. The van der Waals surface area contributed by atoms with E-state index in [0.29, 0.717) is 15.7 Å². The third kappa shape index (κ3) is 3.43. The molecule has 1 aromatic heterocycles. The van der Waals surface area contributed by atoms with Gasteiger partial charge in [0.05, 0.1) is 11.4 Å². The van der Waals surface area contributed by atoms with Gasteiger partial charge in [0.25, 0.3) is 5.91 Å². The number of anilines is 1. The van der Waals surface area contributed by atoms with E-state index in [0.717, 1.165) is 27.1 Å². The molecule has 5 nitrogen and oxygen atoms in total. The monoisotopic (exact) mass is 352 g/mol. The van der Waals surface area contributed by atoms with Crippen molar-refractivity contribution in [2.24, 2.45) is 5.10 Å². The number of aryl methyl sites for hydroxylation is 1. The van der Waals surface area contributed by atoms with Crippen LogP contribution in [-0.2, 0) is 0 Å². The van der Waals surface area contributed by atoms with Crippen molar-refractivity contribution in [3.63, 3.8) is 0 Å². The molecule has 20 heavy (non-hydrogen) atoms. The lowest BCUT2D eigenvalue weighted by atomic mass is 10.1. The first-order chi connectivity index (χ1) is 9.47. The Labute approximate surface area is 129 Å². The van der Waals surface area contributed by atoms with Crippen molar-refractivity contribution in [2.45, 2.75) is 13.8 Å². The molecule has 1 amide bonds. The van der Waals surface area contributed by atoms with Gasteiger partial charge in [-0.1, -0.05) is 39.4 Å². The van der Waals surface area contributed by atoms with Crippen LogP contribution in [0.15, 0.2) is 33.8 Å². The zero-order chi connectivity index (χ0) is 14.7. The molecule has 1 heterocycles. The van der Waals surface area contributed by atoms with Gasteiger partial charge >= 0.3 is 0 Å². The van der Waals surface area contributed by atoms with Crippen LogP contribution in [0.4, 0.5) is 5.13 Å². The van der Waals surface area contributed by atoms with Gasteiger partial charge in [-0.05, 0) is 31.5 Å². The Morgan fingerprint density at radius 2 is 2.05 bits per heavy atom. The molecule has 2 aromatic rings. The molecule has 0 aliphatic heterocycles. The second kappa shape index (κ2) is 6.15. The van der Waals surface area contributed by atoms with Gasteiger partial charge in [-0.2, -0.15) is 5.10 Å². The fourth-order valence-corrected chi connectivity index (χ4v) is 2.56. The maximum atomic E-state index is 12.0. The van der Waals surface area contributed by atoms with Crippen molar-refractivity contribution in [3.05, 3.63) is 44.9 Å². The summed E-state index contributed by atoms with van der Waals surface area (Å²) in [6, 6.07) is 7.68. The van der Waals surface area contributed by atoms with Crippen molar-refractivity contribution in [1.82, 2.24) is 10.4 Å². The number of nitrogens with one attached hydrogen (secondary N) is 1. The largest absolute Gasteiger partial charge is 0.375 e. The van der Waals surface area contributed by atoms with Crippen LogP contribution in [0.25, 0.3) is 0 Å². The molecule has 3 N–H and O–H groups in total. The van der Waals surface area contributed by atoms with Gasteiger partial charge in [-0.25, -0.2) is 10.4 Å². The molecule has 104 valence electrons. The predicted molar refractivity (Wildman–Crippen MR) is 85.1 cm³/mol. The molecular formula is C13H13BrN4OS. The molecule has 0 bridgehead atoms. The number of benzene rings is 1. The summed E-state index contributed by atoms with van der Waals surface area (Å²) in [7, 11) is 0. The molecule has 7 heteroatoms. The second-order valence-electron chi connectivity index (χ2n) is 4.11.